The second-order valence-corrected chi connectivity index (χ2v) is 2.74. The lowest BCUT2D eigenvalue weighted by Crippen LogP contribution is -2.31. The maximum Gasteiger partial charge on any atom is 0.238 e. The monoisotopic (exact) mass is 161 g/mol. The van der Waals surface area contributed by atoms with E-state index >= 15 is 0 Å². The Kier molecular flexibility index (Phi) is 4.77. The Labute approximate surface area is 66.4 Å². The second-order valence-electron chi connectivity index (χ2n) is 2.74. The van der Waals surface area contributed by atoms with E-state index in [-0.39, 0.29) is 0 Å². The van der Waals surface area contributed by atoms with E-state index in [1.807, 2.05) is 6.92 Å². The molecule has 0 rings (SSSR count). The van der Waals surface area contributed by atoms with Gasteiger partial charge in [-0.15, -0.1) is 0 Å². The topological polar surface area (TPSA) is 63.4 Å². The third-order valence-electron chi connectivity index (χ3n) is 1.68. The first-order chi connectivity index (χ1) is 5.09. The van der Waals surface area contributed by atoms with Crippen LogP contribution in [0.4, 0.5) is 0 Å². The van der Waals surface area contributed by atoms with Crippen molar-refractivity contribution in [2.75, 3.05) is 0 Å². The molecule has 0 saturated carbocycles. The van der Waals surface area contributed by atoms with Crippen molar-refractivity contribution < 1.29 is 10.0 Å². The molecule has 0 spiro atoms. The van der Waals surface area contributed by atoms with Crippen LogP contribution in [0, 0.1) is 10.1 Å². The zero-order valence-electron chi connectivity index (χ0n) is 6.99. The molecule has 0 aromatic heterocycles. The summed E-state index contributed by atoms with van der Waals surface area (Å²) in [5, 5.41) is 19.3. The first-order valence-corrected chi connectivity index (χ1v) is 3.91. The summed E-state index contributed by atoms with van der Waals surface area (Å²) in [5.74, 6) is 0. The molecule has 0 aliphatic carbocycles. The molecular formula is C7H15NO3. The standard InChI is InChI=1S/C7H15NO3/c1-3-4-5-7(6(2)9)8(10)11/h6-7,9H,3-5H2,1-2H3. The van der Waals surface area contributed by atoms with Crippen molar-refractivity contribution in [3.63, 3.8) is 0 Å². The van der Waals surface area contributed by atoms with Gasteiger partial charge in [0.05, 0.1) is 0 Å². The summed E-state index contributed by atoms with van der Waals surface area (Å²) in [6, 6.07) is -0.782. The number of aliphatic hydroxyl groups is 1. The minimum Gasteiger partial charge on any atom is -0.386 e. The number of rotatable bonds is 5. The largest absolute Gasteiger partial charge is 0.386 e. The molecule has 4 heteroatoms. The van der Waals surface area contributed by atoms with Crippen LogP contribution in [-0.4, -0.2) is 22.2 Å². The molecule has 0 aliphatic heterocycles. The molecule has 0 aliphatic rings. The van der Waals surface area contributed by atoms with Gasteiger partial charge in [0.1, 0.15) is 6.10 Å². The van der Waals surface area contributed by atoms with Crippen LogP contribution in [0.5, 0.6) is 0 Å². The van der Waals surface area contributed by atoms with E-state index in [1.165, 1.54) is 6.92 Å². The molecule has 11 heavy (non-hydrogen) atoms. The summed E-state index contributed by atoms with van der Waals surface area (Å²) in [5.41, 5.74) is 0. The van der Waals surface area contributed by atoms with Gasteiger partial charge in [-0.05, 0) is 13.3 Å². The molecule has 0 heterocycles. The maximum atomic E-state index is 10.3. The van der Waals surface area contributed by atoms with E-state index in [1.54, 1.807) is 0 Å². The molecule has 0 bridgehead atoms. The van der Waals surface area contributed by atoms with Gasteiger partial charge in [-0.1, -0.05) is 13.3 Å². The molecule has 2 atom stereocenters. The van der Waals surface area contributed by atoms with Crippen molar-refractivity contribution in [2.24, 2.45) is 0 Å². The summed E-state index contributed by atoms with van der Waals surface area (Å²) >= 11 is 0. The van der Waals surface area contributed by atoms with Crippen LogP contribution >= 0.6 is 0 Å². The highest BCUT2D eigenvalue weighted by Crippen LogP contribution is 2.07. The molecule has 0 aromatic rings. The number of nitrogens with zero attached hydrogens (tertiary/aromatic N) is 1. The van der Waals surface area contributed by atoms with Crippen molar-refractivity contribution in [1.82, 2.24) is 0 Å². The van der Waals surface area contributed by atoms with Crippen molar-refractivity contribution in [3.05, 3.63) is 10.1 Å². The average molecular weight is 161 g/mol. The predicted molar refractivity (Wildman–Crippen MR) is 42.0 cm³/mol. The van der Waals surface area contributed by atoms with Gasteiger partial charge in [0.15, 0.2) is 0 Å². The lowest BCUT2D eigenvalue weighted by molar-refractivity contribution is -0.534. The summed E-state index contributed by atoms with van der Waals surface area (Å²) in [6.07, 6.45) is 1.37. The number of hydrogen-bond donors (Lipinski definition) is 1. The number of unbranched alkanes of at least 4 members (excludes halogenated alkanes) is 1. The van der Waals surface area contributed by atoms with E-state index in [4.69, 9.17) is 5.11 Å². The smallest absolute Gasteiger partial charge is 0.238 e. The van der Waals surface area contributed by atoms with Crippen molar-refractivity contribution in [3.8, 4) is 0 Å². The molecule has 0 saturated heterocycles. The van der Waals surface area contributed by atoms with E-state index in [0.29, 0.717) is 6.42 Å². The van der Waals surface area contributed by atoms with Gasteiger partial charge in [-0.3, -0.25) is 10.1 Å². The zero-order chi connectivity index (χ0) is 8.85. The Bertz CT molecular complexity index is 125. The molecule has 0 radical (unpaired) electrons. The van der Waals surface area contributed by atoms with Crippen LogP contribution in [0.2, 0.25) is 0 Å². The van der Waals surface area contributed by atoms with Crippen LogP contribution in [-0.2, 0) is 0 Å². The first kappa shape index (κ1) is 10.4. The molecule has 0 aromatic carbocycles. The van der Waals surface area contributed by atoms with Gasteiger partial charge in [-0.2, -0.15) is 0 Å². The van der Waals surface area contributed by atoms with E-state index < -0.39 is 17.1 Å². The quantitative estimate of drug-likeness (QED) is 0.486. The highest BCUT2D eigenvalue weighted by atomic mass is 16.6. The molecule has 0 fully saturated rings. The normalized spacial score (nSPS) is 15.9. The average Bonchev–Trinajstić information content (AvgIpc) is 1.87. The van der Waals surface area contributed by atoms with Gasteiger partial charge in [0, 0.05) is 11.3 Å². The van der Waals surface area contributed by atoms with Gasteiger partial charge in [-0.25, -0.2) is 0 Å². The Hall–Kier alpha value is -0.640. The lowest BCUT2D eigenvalue weighted by Gasteiger charge is -2.10. The zero-order valence-corrected chi connectivity index (χ0v) is 6.99. The minimum absolute atomic E-state index is 0.402. The Morgan fingerprint density at radius 1 is 1.64 bits per heavy atom. The molecule has 1 N–H and O–H groups in total. The maximum absolute atomic E-state index is 10.3. The van der Waals surface area contributed by atoms with Gasteiger partial charge in [0.25, 0.3) is 0 Å². The van der Waals surface area contributed by atoms with E-state index in [0.717, 1.165) is 12.8 Å². The highest BCUT2D eigenvalue weighted by Gasteiger charge is 2.24. The third kappa shape index (κ3) is 3.93. The summed E-state index contributed by atoms with van der Waals surface area (Å²) in [6.45, 7) is 3.43. The third-order valence-corrected chi connectivity index (χ3v) is 1.68. The molecular weight excluding hydrogens is 146 g/mol. The molecule has 0 amide bonds. The number of nitro groups is 1. The molecule has 2 unspecified atom stereocenters. The van der Waals surface area contributed by atoms with Gasteiger partial charge >= 0.3 is 0 Å². The SMILES string of the molecule is CCCCC(C(C)O)[N+](=O)[O-]. The second kappa shape index (κ2) is 5.07. The van der Waals surface area contributed by atoms with E-state index in [2.05, 4.69) is 0 Å². The van der Waals surface area contributed by atoms with Gasteiger partial charge in [0.2, 0.25) is 6.04 Å². The lowest BCUT2D eigenvalue weighted by atomic mass is 10.1. The fourth-order valence-corrected chi connectivity index (χ4v) is 0.936. The summed E-state index contributed by atoms with van der Waals surface area (Å²) < 4.78 is 0. The summed E-state index contributed by atoms with van der Waals surface area (Å²) in [4.78, 5) is 9.89. The first-order valence-electron chi connectivity index (χ1n) is 3.91. The molecule has 4 nitrogen and oxygen atoms in total. The van der Waals surface area contributed by atoms with Crippen LogP contribution < -0.4 is 0 Å². The van der Waals surface area contributed by atoms with Crippen molar-refractivity contribution >= 4 is 0 Å². The Morgan fingerprint density at radius 2 is 2.18 bits per heavy atom. The number of aliphatic hydroxyl groups excluding tert-OH is 1. The highest BCUT2D eigenvalue weighted by molar-refractivity contribution is 4.62. The van der Waals surface area contributed by atoms with Crippen LogP contribution in [0.1, 0.15) is 33.1 Å². The van der Waals surface area contributed by atoms with Crippen LogP contribution in [0.25, 0.3) is 0 Å². The Morgan fingerprint density at radius 3 is 2.45 bits per heavy atom. The Balaban J connectivity index is 3.80. The molecule has 66 valence electrons. The van der Waals surface area contributed by atoms with E-state index in [9.17, 15) is 10.1 Å². The fourth-order valence-electron chi connectivity index (χ4n) is 0.936. The van der Waals surface area contributed by atoms with Crippen LogP contribution in [0.15, 0.2) is 0 Å². The van der Waals surface area contributed by atoms with Crippen molar-refractivity contribution in [2.45, 2.75) is 45.3 Å². The van der Waals surface area contributed by atoms with Crippen LogP contribution in [0.3, 0.4) is 0 Å². The number of hydrogen-bond acceptors (Lipinski definition) is 3. The predicted octanol–water partition coefficient (Wildman–Crippen LogP) is 1.20. The fraction of sp³-hybridized carbons (Fsp3) is 1.00. The minimum atomic E-state index is -0.837. The van der Waals surface area contributed by atoms with Gasteiger partial charge < -0.3 is 5.11 Å². The summed E-state index contributed by atoms with van der Waals surface area (Å²) in [7, 11) is 0. The van der Waals surface area contributed by atoms with Crippen molar-refractivity contribution in [1.29, 1.82) is 0 Å².